The number of rotatable bonds is 7. The van der Waals surface area contributed by atoms with Crippen LogP contribution < -0.4 is 10.1 Å². The number of carbonyl (C=O) groups is 1. The lowest BCUT2D eigenvalue weighted by Gasteiger charge is -2.24. The van der Waals surface area contributed by atoms with Gasteiger partial charge in [-0.25, -0.2) is 9.78 Å². The highest BCUT2D eigenvalue weighted by atomic mass is 32.1. The highest BCUT2D eigenvalue weighted by Crippen LogP contribution is 2.32. The molecule has 0 bridgehead atoms. The molecule has 0 aliphatic carbocycles. The number of ether oxygens (including phenoxy) is 2. The summed E-state index contributed by atoms with van der Waals surface area (Å²) in [5.74, 6) is 0.797. The first-order valence-corrected chi connectivity index (χ1v) is 9.75. The molecule has 140 valence electrons. The van der Waals surface area contributed by atoms with Gasteiger partial charge < -0.3 is 19.7 Å². The average molecular weight is 375 g/mol. The van der Waals surface area contributed by atoms with Crippen LogP contribution in [0, 0.1) is 0 Å². The summed E-state index contributed by atoms with van der Waals surface area (Å²) in [4.78, 5) is 19.7. The van der Waals surface area contributed by atoms with Crippen molar-refractivity contribution in [2.75, 3.05) is 26.8 Å². The first-order valence-electron chi connectivity index (χ1n) is 8.93. The fourth-order valence-corrected chi connectivity index (χ4v) is 3.88. The van der Waals surface area contributed by atoms with Crippen LogP contribution in [0.5, 0.6) is 5.75 Å². The number of nitrogens with one attached hydrogen (secondary N) is 1. The second-order valence-corrected chi connectivity index (χ2v) is 7.28. The van der Waals surface area contributed by atoms with Gasteiger partial charge in [-0.3, -0.25) is 0 Å². The molecule has 26 heavy (non-hydrogen) atoms. The maximum atomic E-state index is 12.4. The van der Waals surface area contributed by atoms with Crippen molar-refractivity contribution in [2.24, 2.45) is 0 Å². The Balaban J connectivity index is 1.57. The molecule has 1 fully saturated rings. The Morgan fingerprint density at radius 1 is 1.46 bits per heavy atom. The van der Waals surface area contributed by atoms with Crippen molar-refractivity contribution >= 4 is 17.4 Å². The minimum Gasteiger partial charge on any atom is -0.496 e. The molecule has 0 radical (unpaired) electrons. The van der Waals surface area contributed by atoms with Crippen LogP contribution in [0.3, 0.4) is 0 Å². The first-order chi connectivity index (χ1) is 12.7. The van der Waals surface area contributed by atoms with Crippen LogP contribution in [0.4, 0.5) is 4.79 Å². The predicted molar refractivity (Wildman–Crippen MR) is 103 cm³/mol. The Kier molecular flexibility index (Phi) is 6.46. The van der Waals surface area contributed by atoms with Crippen LogP contribution in [-0.2, 0) is 11.3 Å². The minimum absolute atomic E-state index is 0.0600. The van der Waals surface area contributed by atoms with Gasteiger partial charge in [0.25, 0.3) is 0 Å². The van der Waals surface area contributed by atoms with Gasteiger partial charge in [-0.05, 0) is 31.9 Å². The van der Waals surface area contributed by atoms with Crippen LogP contribution in [0.2, 0.25) is 0 Å². The Bertz CT molecular complexity index is 728. The number of carbonyl (C=O) groups excluding carboxylic acids is 1. The van der Waals surface area contributed by atoms with E-state index in [4.69, 9.17) is 9.47 Å². The van der Waals surface area contributed by atoms with Gasteiger partial charge in [0.1, 0.15) is 10.8 Å². The molecule has 0 unspecified atom stereocenters. The van der Waals surface area contributed by atoms with Crippen LogP contribution in [0.25, 0.3) is 10.6 Å². The summed E-state index contributed by atoms with van der Waals surface area (Å²) in [7, 11) is 1.65. The minimum atomic E-state index is -0.0600. The van der Waals surface area contributed by atoms with Gasteiger partial charge in [0.2, 0.25) is 0 Å². The summed E-state index contributed by atoms with van der Waals surface area (Å²) in [6.07, 6.45) is 4.08. The Hall–Kier alpha value is -2.12. The number of para-hydroxylation sites is 1. The maximum absolute atomic E-state index is 12.4. The van der Waals surface area contributed by atoms with Crippen LogP contribution in [0.15, 0.2) is 30.5 Å². The number of methoxy groups -OCH3 is 1. The maximum Gasteiger partial charge on any atom is 0.317 e. The summed E-state index contributed by atoms with van der Waals surface area (Å²) >= 11 is 1.56. The number of amides is 2. The van der Waals surface area contributed by atoms with E-state index in [1.807, 2.05) is 37.4 Å². The van der Waals surface area contributed by atoms with Crippen molar-refractivity contribution in [1.82, 2.24) is 15.2 Å². The van der Waals surface area contributed by atoms with Gasteiger partial charge in [-0.1, -0.05) is 12.1 Å². The molecule has 1 aromatic carbocycles. The van der Waals surface area contributed by atoms with E-state index in [1.54, 1.807) is 23.3 Å². The number of likely N-dealkylation sites (N-methyl/N-ethyl adjacent to an activating group) is 1. The number of hydrogen-bond donors (Lipinski definition) is 1. The fourth-order valence-electron chi connectivity index (χ4n) is 3.00. The van der Waals surface area contributed by atoms with E-state index in [1.165, 1.54) is 0 Å². The zero-order valence-corrected chi connectivity index (χ0v) is 16.1. The van der Waals surface area contributed by atoms with Crippen molar-refractivity contribution in [1.29, 1.82) is 0 Å². The van der Waals surface area contributed by atoms with E-state index in [0.717, 1.165) is 40.6 Å². The average Bonchev–Trinajstić information content (AvgIpc) is 3.36. The highest BCUT2D eigenvalue weighted by Gasteiger charge is 2.21. The van der Waals surface area contributed by atoms with E-state index in [9.17, 15) is 4.79 Å². The molecule has 7 heteroatoms. The molecule has 0 spiro atoms. The van der Waals surface area contributed by atoms with E-state index in [2.05, 4.69) is 10.3 Å². The number of nitrogens with zero attached hydrogens (tertiary/aromatic N) is 2. The summed E-state index contributed by atoms with van der Waals surface area (Å²) in [5.41, 5.74) is 0.964. The lowest BCUT2D eigenvalue weighted by atomic mass is 10.2. The number of hydrogen-bond acceptors (Lipinski definition) is 5. The number of thiazole rings is 1. The van der Waals surface area contributed by atoms with Gasteiger partial charge in [0.05, 0.1) is 25.3 Å². The van der Waals surface area contributed by atoms with Crippen molar-refractivity contribution in [3.63, 3.8) is 0 Å². The van der Waals surface area contributed by atoms with Crippen molar-refractivity contribution < 1.29 is 14.3 Å². The molecule has 2 amide bonds. The second-order valence-electron chi connectivity index (χ2n) is 6.16. The second kappa shape index (κ2) is 9.00. The molecule has 1 N–H and O–H groups in total. The summed E-state index contributed by atoms with van der Waals surface area (Å²) < 4.78 is 11.0. The zero-order valence-electron chi connectivity index (χ0n) is 15.2. The van der Waals surface area contributed by atoms with E-state index in [-0.39, 0.29) is 12.1 Å². The monoisotopic (exact) mass is 375 g/mol. The quantitative estimate of drug-likeness (QED) is 0.804. The van der Waals surface area contributed by atoms with Gasteiger partial charge in [0.15, 0.2) is 0 Å². The standard InChI is InChI=1S/C19H25N3O3S/c1-3-22(13-14-7-6-10-25-14)19(23)21-12-15-11-20-18(26-15)16-8-4-5-9-17(16)24-2/h4-5,8-9,11,14H,3,6-7,10,12-13H2,1-2H3,(H,21,23)/t14-/m0/s1. The van der Waals surface area contributed by atoms with E-state index >= 15 is 0 Å². The molecule has 1 aliphatic rings. The summed E-state index contributed by atoms with van der Waals surface area (Å²) in [6, 6.07) is 7.74. The SMILES string of the molecule is CCN(C[C@@H]1CCCO1)C(=O)NCc1cnc(-c2ccccc2OC)s1. The molecule has 0 saturated carbocycles. The third-order valence-electron chi connectivity index (χ3n) is 4.42. The fraction of sp³-hybridized carbons (Fsp3) is 0.474. The number of urea groups is 1. The van der Waals surface area contributed by atoms with Crippen molar-refractivity contribution in [2.45, 2.75) is 32.4 Å². The number of benzene rings is 1. The first kappa shape index (κ1) is 18.7. The molecule has 1 saturated heterocycles. The molecule has 3 rings (SSSR count). The molecular weight excluding hydrogens is 350 g/mol. The highest BCUT2D eigenvalue weighted by molar-refractivity contribution is 7.15. The zero-order chi connectivity index (χ0) is 18.4. The van der Waals surface area contributed by atoms with Crippen LogP contribution in [-0.4, -0.2) is 48.8 Å². The van der Waals surface area contributed by atoms with Crippen LogP contribution >= 0.6 is 11.3 Å². The largest absolute Gasteiger partial charge is 0.496 e. The summed E-state index contributed by atoms with van der Waals surface area (Å²) in [6.45, 7) is 4.57. The Morgan fingerprint density at radius 3 is 3.04 bits per heavy atom. The third-order valence-corrected chi connectivity index (χ3v) is 5.45. The molecule has 6 nitrogen and oxygen atoms in total. The molecule has 2 heterocycles. The predicted octanol–water partition coefficient (Wildman–Crippen LogP) is 3.53. The van der Waals surface area contributed by atoms with E-state index < -0.39 is 0 Å². The lowest BCUT2D eigenvalue weighted by Crippen LogP contribution is -2.43. The Morgan fingerprint density at radius 2 is 2.31 bits per heavy atom. The molecular formula is C19H25N3O3S. The molecule has 1 aliphatic heterocycles. The Labute approximate surface area is 158 Å². The lowest BCUT2D eigenvalue weighted by molar-refractivity contribution is 0.0826. The molecule has 1 aromatic heterocycles. The van der Waals surface area contributed by atoms with Gasteiger partial charge >= 0.3 is 6.03 Å². The van der Waals surface area contributed by atoms with Gasteiger partial charge in [-0.2, -0.15) is 0 Å². The van der Waals surface area contributed by atoms with Gasteiger partial charge in [-0.15, -0.1) is 11.3 Å². The van der Waals surface area contributed by atoms with Crippen molar-refractivity contribution in [3.05, 3.63) is 35.3 Å². The van der Waals surface area contributed by atoms with Gasteiger partial charge in [0, 0.05) is 30.8 Å². The smallest absolute Gasteiger partial charge is 0.317 e. The molecule has 1 atom stereocenters. The number of aromatic nitrogens is 1. The van der Waals surface area contributed by atoms with Crippen LogP contribution in [0.1, 0.15) is 24.6 Å². The topological polar surface area (TPSA) is 63.7 Å². The molecule has 2 aromatic rings. The van der Waals surface area contributed by atoms with E-state index in [0.29, 0.717) is 19.6 Å². The summed E-state index contributed by atoms with van der Waals surface area (Å²) in [5, 5.41) is 3.88. The normalized spacial score (nSPS) is 16.5. The third kappa shape index (κ3) is 4.53. The van der Waals surface area contributed by atoms with Crippen molar-refractivity contribution in [3.8, 4) is 16.3 Å².